The summed E-state index contributed by atoms with van der Waals surface area (Å²) < 4.78 is 0. The molecule has 2 atom stereocenters. The zero-order chi connectivity index (χ0) is 7.68. The van der Waals surface area contributed by atoms with Gasteiger partial charge in [0, 0.05) is 0 Å². The summed E-state index contributed by atoms with van der Waals surface area (Å²) in [5.74, 6) is 0. The molecule has 1 heterocycles. The van der Waals surface area contributed by atoms with Crippen molar-refractivity contribution in [1.29, 1.82) is 0 Å². The summed E-state index contributed by atoms with van der Waals surface area (Å²) >= 11 is 0. The number of urea groups is 1. The van der Waals surface area contributed by atoms with Gasteiger partial charge in [-0.3, -0.25) is 0 Å². The minimum absolute atomic E-state index is 0.0295. The first kappa shape index (κ1) is 6.95. The molecule has 0 unspecified atom stereocenters. The standard InChI is InChI=1S/C8H14N2O/c11-8-9-6-4-2-1-3-5-7(6)10-8/h6-7H,1-5H2,(H2,9,10,11)/t6-,7+. The number of hydrogen-bond donors (Lipinski definition) is 2. The Morgan fingerprint density at radius 3 is 2.09 bits per heavy atom. The van der Waals surface area contributed by atoms with Gasteiger partial charge in [-0.05, 0) is 12.8 Å². The summed E-state index contributed by atoms with van der Waals surface area (Å²) in [5.41, 5.74) is 0. The number of carbonyl (C=O) groups is 1. The van der Waals surface area contributed by atoms with Crippen molar-refractivity contribution >= 4 is 6.03 Å². The largest absolute Gasteiger partial charge is 0.333 e. The molecule has 1 aliphatic carbocycles. The van der Waals surface area contributed by atoms with E-state index in [4.69, 9.17) is 0 Å². The molecular formula is C8H14N2O. The highest BCUT2D eigenvalue weighted by molar-refractivity contribution is 5.77. The number of amides is 2. The van der Waals surface area contributed by atoms with Gasteiger partial charge in [-0.15, -0.1) is 0 Å². The lowest BCUT2D eigenvalue weighted by atomic mass is 10.1. The molecule has 11 heavy (non-hydrogen) atoms. The van der Waals surface area contributed by atoms with Gasteiger partial charge < -0.3 is 10.6 Å². The van der Waals surface area contributed by atoms with Crippen molar-refractivity contribution in [3.63, 3.8) is 0 Å². The monoisotopic (exact) mass is 154 g/mol. The maximum Gasteiger partial charge on any atom is 0.315 e. The lowest BCUT2D eigenvalue weighted by Crippen LogP contribution is -2.31. The summed E-state index contributed by atoms with van der Waals surface area (Å²) in [4.78, 5) is 10.9. The minimum Gasteiger partial charge on any atom is -0.333 e. The smallest absolute Gasteiger partial charge is 0.315 e. The molecule has 3 nitrogen and oxygen atoms in total. The number of rotatable bonds is 0. The van der Waals surface area contributed by atoms with E-state index >= 15 is 0 Å². The Hall–Kier alpha value is -0.730. The molecule has 0 aromatic carbocycles. The Labute approximate surface area is 66.5 Å². The predicted molar refractivity (Wildman–Crippen MR) is 42.3 cm³/mol. The van der Waals surface area contributed by atoms with Gasteiger partial charge in [-0.1, -0.05) is 19.3 Å². The van der Waals surface area contributed by atoms with E-state index in [2.05, 4.69) is 10.6 Å². The molecule has 3 heteroatoms. The van der Waals surface area contributed by atoms with Crippen LogP contribution < -0.4 is 10.6 Å². The first-order chi connectivity index (χ1) is 5.36. The number of nitrogens with one attached hydrogen (secondary N) is 2. The molecule has 2 amide bonds. The van der Waals surface area contributed by atoms with Crippen LogP contribution in [0, 0.1) is 0 Å². The van der Waals surface area contributed by atoms with Gasteiger partial charge in [0.2, 0.25) is 0 Å². The van der Waals surface area contributed by atoms with Crippen LogP contribution in [0.2, 0.25) is 0 Å². The zero-order valence-corrected chi connectivity index (χ0v) is 6.60. The summed E-state index contributed by atoms with van der Waals surface area (Å²) in [7, 11) is 0. The Morgan fingerprint density at radius 1 is 1.00 bits per heavy atom. The molecule has 2 rings (SSSR count). The van der Waals surface area contributed by atoms with Crippen LogP contribution in [0.4, 0.5) is 4.79 Å². The molecule has 2 aliphatic rings. The fourth-order valence-corrected chi connectivity index (χ4v) is 2.03. The topological polar surface area (TPSA) is 41.1 Å². The maximum absolute atomic E-state index is 10.9. The Kier molecular flexibility index (Phi) is 1.72. The summed E-state index contributed by atoms with van der Waals surface area (Å²) in [5, 5.41) is 5.89. The molecule has 2 fully saturated rings. The van der Waals surface area contributed by atoms with Crippen LogP contribution in [0.5, 0.6) is 0 Å². The summed E-state index contributed by atoms with van der Waals surface area (Å²) in [6.45, 7) is 0. The van der Waals surface area contributed by atoms with Gasteiger partial charge in [0.1, 0.15) is 0 Å². The van der Waals surface area contributed by atoms with E-state index < -0.39 is 0 Å². The van der Waals surface area contributed by atoms with E-state index in [1.54, 1.807) is 0 Å². The van der Waals surface area contributed by atoms with Gasteiger partial charge >= 0.3 is 6.03 Å². The summed E-state index contributed by atoms with van der Waals surface area (Å²) in [6.07, 6.45) is 6.17. The van der Waals surface area contributed by atoms with Crippen molar-refractivity contribution in [2.75, 3.05) is 0 Å². The maximum atomic E-state index is 10.9. The molecule has 0 bridgehead atoms. The van der Waals surface area contributed by atoms with Crippen LogP contribution in [0.3, 0.4) is 0 Å². The van der Waals surface area contributed by atoms with Gasteiger partial charge in [-0.25, -0.2) is 4.79 Å². The lowest BCUT2D eigenvalue weighted by Gasteiger charge is -2.13. The second-order valence-corrected chi connectivity index (χ2v) is 3.47. The highest BCUT2D eigenvalue weighted by Crippen LogP contribution is 2.20. The SMILES string of the molecule is O=C1N[C@H]2CCCCC[C@H]2N1. The molecule has 1 aliphatic heterocycles. The molecule has 2 N–H and O–H groups in total. The highest BCUT2D eigenvalue weighted by Gasteiger charge is 2.31. The normalized spacial score (nSPS) is 36.9. The van der Waals surface area contributed by atoms with E-state index in [-0.39, 0.29) is 6.03 Å². The van der Waals surface area contributed by atoms with Gasteiger partial charge in [0.05, 0.1) is 12.1 Å². The van der Waals surface area contributed by atoms with Crippen molar-refractivity contribution in [3.05, 3.63) is 0 Å². The molecule has 62 valence electrons. The molecule has 0 aromatic rings. The van der Waals surface area contributed by atoms with Crippen LogP contribution in [-0.4, -0.2) is 18.1 Å². The number of hydrogen-bond acceptors (Lipinski definition) is 1. The van der Waals surface area contributed by atoms with E-state index in [0.29, 0.717) is 12.1 Å². The van der Waals surface area contributed by atoms with Gasteiger partial charge in [-0.2, -0.15) is 0 Å². The van der Waals surface area contributed by atoms with Crippen LogP contribution >= 0.6 is 0 Å². The van der Waals surface area contributed by atoms with Crippen LogP contribution in [0.25, 0.3) is 0 Å². The van der Waals surface area contributed by atoms with Crippen molar-refractivity contribution < 1.29 is 4.79 Å². The fourth-order valence-electron chi connectivity index (χ4n) is 2.03. The van der Waals surface area contributed by atoms with Crippen molar-refractivity contribution in [1.82, 2.24) is 10.6 Å². The lowest BCUT2D eigenvalue weighted by molar-refractivity contribution is 0.246. The van der Waals surface area contributed by atoms with E-state index in [1.807, 2.05) is 0 Å². The number of carbonyl (C=O) groups excluding carboxylic acids is 1. The first-order valence-corrected chi connectivity index (χ1v) is 4.43. The average Bonchev–Trinajstić information content (AvgIpc) is 2.17. The minimum atomic E-state index is 0.0295. The molecule has 0 radical (unpaired) electrons. The fraction of sp³-hybridized carbons (Fsp3) is 0.875. The van der Waals surface area contributed by atoms with Crippen molar-refractivity contribution in [2.45, 2.75) is 44.2 Å². The third-order valence-electron chi connectivity index (χ3n) is 2.65. The van der Waals surface area contributed by atoms with Gasteiger partial charge in [0.15, 0.2) is 0 Å². The van der Waals surface area contributed by atoms with E-state index in [0.717, 1.165) is 12.8 Å². The molecule has 1 saturated heterocycles. The molecule has 1 saturated carbocycles. The van der Waals surface area contributed by atoms with Crippen molar-refractivity contribution in [2.24, 2.45) is 0 Å². The summed E-state index contributed by atoms with van der Waals surface area (Å²) in [6, 6.07) is 0.872. The third kappa shape index (κ3) is 1.32. The second kappa shape index (κ2) is 2.72. The molecule has 0 spiro atoms. The van der Waals surface area contributed by atoms with E-state index in [9.17, 15) is 4.79 Å². The van der Waals surface area contributed by atoms with Crippen LogP contribution in [0.1, 0.15) is 32.1 Å². The molecule has 0 aromatic heterocycles. The highest BCUT2D eigenvalue weighted by atomic mass is 16.2. The van der Waals surface area contributed by atoms with Crippen molar-refractivity contribution in [3.8, 4) is 0 Å². The van der Waals surface area contributed by atoms with E-state index in [1.165, 1.54) is 19.3 Å². The van der Waals surface area contributed by atoms with Crippen LogP contribution in [-0.2, 0) is 0 Å². The predicted octanol–water partition coefficient (Wildman–Crippen LogP) is 1.00. The quantitative estimate of drug-likeness (QED) is 0.537. The average molecular weight is 154 g/mol. The number of fused-ring (bicyclic) bond motifs is 1. The van der Waals surface area contributed by atoms with Gasteiger partial charge in [0.25, 0.3) is 0 Å². The van der Waals surface area contributed by atoms with Crippen LogP contribution in [0.15, 0.2) is 0 Å². The third-order valence-corrected chi connectivity index (χ3v) is 2.65. The second-order valence-electron chi connectivity index (χ2n) is 3.47. The Morgan fingerprint density at radius 2 is 1.55 bits per heavy atom. The zero-order valence-electron chi connectivity index (χ0n) is 6.60. The Bertz CT molecular complexity index is 153. The molecular weight excluding hydrogens is 140 g/mol. The Balaban J connectivity index is 2.01. The first-order valence-electron chi connectivity index (χ1n) is 4.43.